The van der Waals surface area contributed by atoms with Gasteiger partial charge >= 0.3 is 0 Å². The number of hydrogen-bond donors (Lipinski definition) is 1. The lowest BCUT2D eigenvalue weighted by Gasteiger charge is -2.26. The molecule has 0 spiro atoms. The molecule has 0 saturated carbocycles. The molecule has 1 N–H and O–H groups in total. The molecule has 0 bridgehead atoms. The molecule has 0 atom stereocenters. The Kier molecular flexibility index (Phi) is 2.88. The van der Waals surface area contributed by atoms with Crippen molar-refractivity contribution in [2.24, 2.45) is 0 Å². The maximum atomic E-state index is 9.58. The highest BCUT2D eigenvalue weighted by Crippen LogP contribution is 2.11. The Morgan fingerprint density at radius 3 is 2.62 bits per heavy atom. The number of anilines is 1. The number of rotatable bonds is 3. The van der Waals surface area contributed by atoms with Crippen LogP contribution in [0.3, 0.4) is 0 Å². The Morgan fingerprint density at radius 2 is 2.15 bits per heavy atom. The van der Waals surface area contributed by atoms with Gasteiger partial charge < -0.3 is 10.0 Å². The topological polar surface area (TPSA) is 36.4 Å². The molecule has 72 valence electrons. The van der Waals surface area contributed by atoms with Gasteiger partial charge in [-0.2, -0.15) is 0 Å². The van der Waals surface area contributed by atoms with Crippen LogP contribution in [0.4, 0.5) is 5.82 Å². The minimum Gasteiger partial charge on any atom is -0.389 e. The second-order valence-corrected chi connectivity index (χ2v) is 3.86. The molecule has 13 heavy (non-hydrogen) atoms. The number of nitrogens with zero attached hydrogens (tertiary/aromatic N) is 2. The molecule has 3 nitrogen and oxygen atoms in total. The number of likely N-dealkylation sites (N-methyl/N-ethyl adjacent to an activating group) is 1. The predicted molar refractivity (Wildman–Crippen MR) is 53.8 cm³/mol. The van der Waals surface area contributed by atoms with Crippen molar-refractivity contribution in [1.29, 1.82) is 0 Å². The summed E-state index contributed by atoms with van der Waals surface area (Å²) in [7, 11) is 1.92. The molecule has 0 fully saturated rings. The first-order valence-corrected chi connectivity index (χ1v) is 4.33. The molecule has 0 aliphatic carbocycles. The van der Waals surface area contributed by atoms with Crippen LogP contribution in [0.25, 0.3) is 0 Å². The fourth-order valence-electron chi connectivity index (χ4n) is 1.24. The molecule has 0 aliphatic rings. The first-order chi connectivity index (χ1) is 5.99. The molecule has 0 unspecified atom stereocenters. The van der Waals surface area contributed by atoms with E-state index in [0.717, 1.165) is 5.82 Å². The second-order valence-electron chi connectivity index (χ2n) is 3.86. The van der Waals surface area contributed by atoms with Crippen LogP contribution in [0.2, 0.25) is 0 Å². The van der Waals surface area contributed by atoms with Gasteiger partial charge in [0.2, 0.25) is 0 Å². The molecule has 1 rings (SSSR count). The standard InChI is InChI=1S/C10H16N2O/c1-10(2,13)8-12(3)9-6-4-5-7-11-9/h4-7,13H,8H2,1-3H3. The van der Waals surface area contributed by atoms with Crippen molar-refractivity contribution < 1.29 is 5.11 Å². The third-order valence-corrected chi connectivity index (χ3v) is 1.66. The van der Waals surface area contributed by atoms with Crippen molar-refractivity contribution in [3.63, 3.8) is 0 Å². The Balaban J connectivity index is 2.64. The quantitative estimate of drug-likeness (QED) is 0.761. The third-order valence-electron chi connectivity index (χ3n) is 1.66. The van der Waals surface area contributed by atoms with Crippen LogP contribution in [-0.4, -0.2) is 29.3 Å². The van der Waals surface area contributed by atoms with E-state index in [2.05, 4.69) is 4.98 Å². The summed E-state index contributed by atoms with van der Waals surface area (Å²) in [5, 5.41) is 9.58. The summed E-state index contributed by atoms with van der Waals surface area (Å²) in [5.74, 6) is 0.879. The fourth-order valence-corrected chi connectivity index (χ4v) is 1.24. The van der Waals surface area contributed by atoms with Gasteiger partial charge in [-0.15, -0.1) is 0 Å². The van der Waals surface area contributed by atoms with Gasteiger partial charge in [0.1, 0.15) is 5.82 Å². The summed E-state index contributed by atoms with van der Waals surface area (Å²) in [6.07, 6.45) is 1.75. The molecule has 0 saturated heterocycles. The van der Waals surface area contributed by atoms with Crippen LogP contribution < -0.4 is 4.90 Å². The van der Waals surface area contributed by atoms with Crippen LogP contribution in [0.1, 0.15) is 13.8 Å². The fraction of sp³-hybridized carbons (Fsp3) is 0.500. The Labute approximate surface area is 79.0 Å². The van der Waals surface area contributed by atoms with E-state index in [1.165, 1.54) is 0 Å². The van der Waals surface area contributed by atoms with E-state index in [1.807, 2.05) is 30.1 Å². The van der Waals surface area contributed by atoms with Crippen LogP contribution in [0.15, 0.2) is 24.4 Å². The lowest BCUT2D eigenvalue weighted by atomic mass is 10.1. The first kappa shape index (κ1) is 9.99. The maximum absolute atomic E-state index is 9.58. The summed E-state index contributed by atoms with van der Waals surface area (Å²) in [5.41, 5.74) is -0.688. The Hall–Kier alpha value is -1.09. The molecule has 3 heteroatoms. The van der Waals surface area contributed by atoms with Gasteiger partial charge in [-0.05, 0) is 26.0 Å². The van der Waals surface area contributed by atoms with Crippen molar-refractivity contribution in [1.82, 2.24) is 4.98 Å². The van der Waals surface area contributed by atoms with E-state index in [0.29, 0.717) is 6.54 Å². The highest BCUT2D eigenvalue weighted by atomic mass is 16.3. The minimum atomic E-state index is -0.688. The molecule has 0 aliphatic heterocycles. The lowest BCUT2D eigenvalue weighted by molar-refractivity contribution is 0.0884. The van der Waals surface area contributed by atoms with E-state index >= 15 is 0 Å². The summed E-state index contributed by atoms with van der Waals surface area (Å²) in [6, 6.07) is 5.73. The summed E-state index contributed by atoms with van der Waals surface area (Å²) in [6.45, 7) is 4.14. The van der Waals surface area contributed by atoms with Crippen LogP contribution in [0.5, 0.6) is 0 Å². The highest BCUT2D eigenvalue weighted by Gasteiger charge is 2.15. The van der Waals surface area contributed by atoms with E-state index < -0.39 is 5.60 Å². The average molecular weight is 180 g/mol. The van der Waals surface area contributed by atoms with Gasteiger partial charge in [-0.1, -0.05) is 6.07 Å². The zero-order valence-electron chi connectivity index (χ0n) is 8.36. The normalized spacial score (nSPS) is 11.4. The van der Waals surface area contributed by atoms with Gasteiger partial charge in [0.05, 0.1) is 5.60 Å². The van der Waals surface area contributed by atoms with Gasteiger partial charge in [0, 0.05) is 19.8 Å². The van der Waals surface area contributed by atoms with E-state index in [1.54, 1.807) is 20.0 Å². The number of hydrogen-bond acceptors (Lipinski definition) is 3. The minimum absolute atomic E-state index is 0.573. The lowest BCUT2D eigenvalue weighted by Crippen LogP contribution is -2.36. The highest BCUT2D eigenvalue weighted by molar-refractivity contribution is 5.36. The molecule has 0 radical (unpaired) electrons. The maximum Gasteiger partial charge on any atom is 0.128 e. The van der Waals surface area contributed by atoms with E-state index in [4.69, 9.17) is 0 Å². The predicted octanol–water partition coefficient (Wildman–Crippen LogP) is 1.29. The van der Waals surface area contributed by atoms with Crippen LogP contribution >= 0.6 is 0 Å². The van der Waals surface area contributed by atoms with Gasteiger partial charge in [-0.25, -0.2) is 4.98 Å². The second kappa shape index (κ2) is 3.75. The van der Waals surface area contributed by atoms with Crippen molar-refractivity contribution in [2.75, 3.05) is 18.5 Å². The molecule has 1 heterocycles. The molecular formula is C10H16N2O. The van der Waals surface area contributed by atoms with E-state index in [9.17, 15) is 5.11 Å². The number of pyridine rings is 1. The zero-order valence-corrected chi connectivity index (χ0v) is 8.36. The average Bonchev–Trinajstić information content (AvgIpc) is 2.03. The largest absolute Gasteiger partial charge is 0.389 e. The van der Waals surface area contributed by atoms with Crippen molar-refractivity contribution >= 4 is 5.82 Å². The summed E-state index contributed by atoms with van der Waals surface area (Å²) >= 11 is 0. The van der Waals surface area contributed by atoms with Gasteiger partial charge in [0.25, 0.3) is 0 Å². The van der Waals surface area contributed by atoms with Crippen molar-refractivity contribution in [3.05, 3.63) is 24.4 Å². The first-order valence-electron chi connectivity index (χ1n) is 4.33. The third kappa shape index (κ3) is 3.42. The number of aliphatic hydroxyl groups is 1. The summed E-state index contributed by atoms with van der Waals surface area (Å²) < 4.78 is 0. The SMILES string of the molecule is CN(CC(C)(C)O)c1ccccn1. The number of aromatic nitrogens is 1. The smallest absolute Gasteiger partial charge is 0.128 e. The van der Waals surface area contributed by atoms with E-state index in [-0.39, 0.29) is 0 Å². The molecule has 0 aromatic carbocycles. The molecule has 1 aromatic heterocycles. The molecule has 0 amide bonds. The van der Waals surface area contributed by atoms with Crippen molar-refractivity contribution in [3.8, 4) is 0 Å². The molecule has 1 aromatic rings. The van der Waals surface area contributed by atoms with Crippen molar-refractivity contribution in [2.45, 2.75) is 19.4 Å². The van der Waals surface area contributed by atoms with Gasteiger partial charge in [0.15, 0.2) is 0 Å². The van der Waals surface area contributed by atoms with Crippen LogP contribution in [0, 0.1) is 0 Å². The summed E-state index contributed by atoms with van der Waals surface area (Å²) in [4.78, 5) is 6.11. The van der Waals surface area contributed by atoms with Crippen LogP contribution in [-0.2, 0) is 0 Å². The zero-order chi connectivity index (χ0) is 9.90. The Bertz CT molecular complexity index is 253. The Morgan fingerprint density at radius 1 is 1.46 bits per heavy atom. The monoisotopic (exact) mass is 180 g/mol. The molecular weight excluding hydrogens is 164 g/mol. The van der Waals surface area contributed by atoms with Gasteiger partial charge in [-0.3, -0.25) is 0 Å².